The number of rotatable bonds is 9. The summed E-state index contributed by atoms with van der Waals surface area (Å²) in [6, 6.07) is 14.5. The minimum absolute atomic E-state index is 0.0923. The van der Waals surface area contributed by atoms with E-state index in [4.69, 9.17) is 11.6 Å². The number of carbonyl (C=O) groups is 2. The van der Waals surface area contributed by atoms with Crippen molar-refractivity contribution in [3.8, 4) is 0 Å². The maximum absolute atomic E-state index is 12.2. The number of amides is 2. The Labute approximate surface area is 174 Å². The highest BCUT2D eigenvalue weighted by Crippen LogP contribution is 2.17. The van der Waals surface area contributed by atoms with Gasteiger partial charge in [-0.05, 0) is 42.8 Å². The number of fused-ring (bicyclic) bond motifs is 1. The molecule has 7 heteroatoms. The molecule has 2 aromatic carbocycles. The number of imidazole rings is 1. The second-order valence-corrected chi connectivity index (χ2v) is 7.00. The normalized spacial score (nSPS) is 10.7. The maximum atomic E-state index is 12.2. The number of carbonyl (C=O) groups excluding carboxylic acids is 2. The molecule has 150 valence electrons. The number of aryl methyl sites for hydroxylation is 1. The van der Waals surface area contributed by atoms with Gasteiger partial charge in [0.2, 0.25) is 5.91 Å². The summed E-state index contributed by atoms with van der Waals surface area (Å²) < 4.78 is 1.93. The molecule has 29 heavy (non-hydrogen) atoms. The molecule has 2 N–H and O–H groups in total. The monoisotopic (exact) mass is 410 g/mol. The van der Waals surface area contributed by atoms with Gasteiger partial charge in [-0.1, -0.05) is 29.8 Å². The van der Waals surface area contributed by atoms with E-state index in [0.717, 1.165) is 16.9 Å². The zero-order valence-electron chi connectivity index (χ0n) is 16.0. The van der Waals surface area contributed by atoms with Crippen LogP contribution in [0.15, 0.2) is 61.2 Å². The lowest BCUT2D eigenvalue weighted by atomic mass is 10.2. The van der Waals surface area contributed by atoms with E-state index in [1.165, 1.54) is 0 Å². The average molecular weight is 411 g/mol. The van der Waals surface area contributed by atoms with Gasteiger partial charge in [0, 0.05) is 30.1 Å². The molecule has 0 radical (unpaired) electrons. The Hall–Kier alpha value is -3.12. The van der Waals surface area contributed by atoms with Gasteiger partial charge in [-0.3, -0.25) is 9.59 Å². The molecular weight excluding hydrogens is 388 g/mol. The summed E-state index contributed by atoms with van der Waals surface area (Å²) in [5.41, 5.74) is 2.34. The van der Waals surface area contributed by atoms with Crippen LogP contribution >= 0.6 is 11.6 Å². The molecule has 3 aromatic rings. The lowest BCUT2D eigenvalue weighted by Crippen LogP contribution is -2.28. The second-order valence-electron chi connectivity index (χ2n) is 6.56. The number of nitrogens with one attached hydrogen (secondary N) is 2. The van der Waals surface area contributed by atoms with Crippen LogP contribution in [0.3, 0.4) is 0 Å². The highest BCUT2D eigenvalue weighted by atomic mass is 35.5. The van der Waals surface area contributed by atoms with Crippen molar-refractivity contribution < 1.29 is 9.59 Å². The standard InChI is InChI=1S/C22H23ClN4O2/c1-2-13-24-21(28)15-27-19-7-4-3-6-18(19)26-20(27)8-5-14-25-22(29)16-9-11-17(23)12-10-16/h2-4,6-7,9-12H,1,5,8,13-15H2,(H,24,28)(H,25,29). The van der Waals surface area contributed by atoms with Gasteiger partial charge in [0.25, 0.3) is 5.91 Å². The molecule has 0 spiro atoms. The average Bonchev–Trinajstić information content (AvgIpc) is 3.07. The van der Waals surface area contributed by atoms with E-state index in [0.29, 0.717) is 36.5 Å². The lowest BCUT2D eigenvalue weighted by Gasteiger charge is -2.10. The molecule has 0 aliphatic carbocycles. The zero-order chi connectivity index (χ0) is 20.6. The van der Waals surface area contributed by atoms with Crippen LogP contribution in [-0.4, -0.2) is 34.5 Å². The van der Waals surface area contributed by atoms with E-state index in [9.17, 15) is 9.59 Å². The molecule has 0 unspecified atom stereocenters. The molecule has 2 amide bonds. The van der Waals surface area contributed by atoms with Crippen LogP contribution in [0.1, 0.15) is 22.6 Å². The van der Waals surface area contributed by atoms with Gasteiger partial charge in [0.1, 0.15) is 12.4 Å². The van der Waals surface area contributed by atoms with E-state index >= 15 is 0 Å². The Bertz CT molecular complexity index is 1010. The van der Waals surface area contributed by atoms with Crippen molar-refractivity contribution in [1.29, 1.82) is 0 Å². The summed E-state index contributed by atoms with van der Waals surface area (Å²) in [6.07, 6.45) is 3.00. The highest BCUT2D eigenvalue weighted by molar-refractivity contribution is 6.30. The number of halogens is 1. The molecule has 0 saturated carbocycles. The molecule has 0 saturated heterocycles. The summed E-state index contributed by atoms with van der Waals surface area (Å²) >= 11 is 5.85. The van der Waals surface area contributed by atoms with Crippen molar-refractivity contribution in [1.82, 2.24) is 20.2 Å². The fourth-order valence-electron chi connectivity index (χ4n) is 3.03. The number of hydrogen-bond donors (Lipinski definition) is 2. The molecule has 0 aliphatic heterocycles. The maximum Gasteiger partial charge on any atom is 0.251 e. The van der Waals surface area contributed by atoms with Crippen molar-refractivity contribution in [3.63, 3.8) is 0 Å². The molecule has 1 aromatic heterocycles. The van der Waals surface area contributed by atoms with Crippen LogP contribution in [0.25, 0.3) is 11.0 Å². The van der Waals surface area contributed by atoms with Crippen molar-refractivity contribution in [2.45, 2.75) is 19.4 Å². The van der Waals surface area contributed by atoms with Gasteiger partial charge >= 0.3 is 0 Å². The minimum atomic E-state index is -0.140. The van der Waals surface area contributed by atoms with Crippen LogP contribution < -0.4 is 10.6 Å². The first-order chi connectivity index (χ1) is 14.1. The summed E-state index contributed by atoms with van der Waals surface area (Å²) in [7, 11) is 0. The van der Waals surface area contributed by atoms with Crippen LogP contribution in [0.5, 0.6) is 0 Å². The Balaban J connectivity index is 1.62. The predicted molar refractivity (Wildman–Crippen MR) is 115 cm³/mol. The Morgan fingerprint density at radius 3 is 2.62 bits per heavy atom. The number of benzene rings is 2. The quantitative estimate of drug-likeness (QED) is 0.419. The smallest absolute Gasteiger partial charge is 0.251 e. The first-order valence-electron chi connectivity index (χ1n) is 9.44. The van der Waals surface area contributed by atoms with E-state index in [-0.39, 0.29) is 18.4 Å². The third kappa shape index (κ3) is 5.45. The summed E-state index contributed by atoms with van der Waals surface area (Å²) in [6.45, 7) is 4.74. The van der Waals surface area contributed by atoms with Gasteiger partial charge in [0.05, 0.1) is 11.0 Å². The number of hydrogen-bond acceptors (Lipinski definition) is 3. The third-order valence-electron chi connectivity index (χ3n) is 4.45. The SMILES string of the molecule is C=CCNC(=O)Cn1c(CCCNC(=O)c2ccc(Cl)cc2)nc2ccccc21. The Kier molecular flexibility index (Phi) is 7.03. The molecule has 0 atom stereocenters. The van der Waals surface area contributed by atoms with Gasteiger partial charge in [-0.25, -0.2) is 4.98 Å². The third-order valence-corrected chi connectivity index (χ3v) is 4.70. The zero-order valence-corrected chi connectivity index (χ0v) is 16.8. The van der Waals surface area contributed by atoms with Gasteiger partial charge in [0.15, 0.2) is 0 Å². The Morgan fingerprint density at radius 1 is 1.10 bits per heavy atom. The van der Waals surface area contributed by atoms with Gasteiger partial charge in [-0.15, -0.1) is 6.58 Å². The summed E-state index contributed by atoms with van der Waals surface area (Å²) in [5, 5.41) is 6.29. The van der Waals surface area contributed by atoms with Crippen LogP contribution in [0.2, 0.25) is 5.02 Å². The summed E-state index contributed by atoms with van der Waals surface area (Å²) in [5.74, 6) is 0.588. The molecule has 3 rings (SSSR count). The van der Waals surface area contributed by atoms with E-state index < -0.39 is 0 Å². The van der Waals surface area contributed by atoms with Crippen LogP contribution in [-0.2, 0) is 17.8 Å². The van der Waals surface area contributed by atoms with Gasteiger partial charge < -0.3 is 15.2 Å². The minimum Gasteiger partial charge on any atom is -0.352 e. The van der Waals surface area contributed by atoms with Crippen molar-refractivity contribution in [2.75, 3.05) is 13.1 Å². The van der Waals surface area contributed by atoms with Crippen molar-refractivity contribution in [2.24, 2.45) is 0 Å². The summed E-state index contributed by atoms with van der Waals surface area (Å²) in [4.78, 5) is 29.0. The number of para-hydroxylation sites is 2. The van der Waals surface area contributed by atoms with Gasteiger partial charge in [-0.2, -0.15) is 0 Å². The first kappa shape index (κ1) is 20.6. The van der Waals surface area contributed by atoms with Crippen molar-refractivity contribution >= 4 is 34.4 Å². The molecule has 0 bridgehead atoms. The van der Waals surface area contributed by atoms with Crippen LogP contribution in [0, 0.1) is 0 Å². The van der Waals surface area contributed by atoms with Crippen molar-refractivity contribution in [3.05, 3.63) is 77.6 Å². The highest BCUT2D eigenvalue weighted by Gasteiger charge is 2.13. The predicted octanol–water partition coefficient (Wildman–Crippen LogP) is 3.35. The molecule has 1 heterocycles. The first-order valence-corrected chi connectivity index (χ1v) is 9.82. The molecule has 0 aliphatic rings. The lowest BCUT2D eigenvalue weighted by molar-refractivity contribution is -0.121. The van der Waals surface area contributed by atoms with E-state index in [2.05, 4.69) is 22.2 Å². The molecule has 0 fully saturated rings. The van der Waals surface area contributed by atoms with Crippen LogP contribution in [0.4, 0.5) is 0 Å². The fourth-order valence-corrected chi connectivity index (χ4v) is 3.16. The number of aromatic nitrogens is 2. The second kappa shape index (κ2) is 9.89. The fraction of sp³-hybridized carbons (Fsp3) is 0.227. The largest absolute Gasteiger partial charge is 0.352 e. The molecular formula is C22H23ClN4O2. The Morgan fingerprint density at radius 2 is 1.86 bits per heavy atom. The van der Waals surface area contributed by atoms with E-state index in [1.54, 1.807) is 30.3 Å². The van der Waals surface area contributed by atoms with E-state index in [1.807, 2.05) is 28.8 Å². The topological polar surface area (TPSA) is 76.0 Å². The number of nitrogens with zero attached hydrogens (tertiary/aromatic N) is 2. The molecule has 6 nitrogen and oxygen atoms in total.